The van der Waals surface area contributed by atoms with Crippen LogP contribution < -0.4 is 10.6 Å². The number of thiocarbonyl (C=S) groups is 1. The molecule has 5 heteroatoms. The van der Waals surface area contributed by atoms with Crippen molar-refractivity contribution in [2.45, 2.75) is 25.4 Å². The Morgan fingerprint density at radius 1 is 1.00 bits per heavy atom. The highest BCUT2D eigenvalue weighted by Crippen LogP contribution is 2.13. The number of nitrogens with zero attached hydrogens (tertiary/aromatic N) is 1. The standard InChI is InChI=1S/C20H23N3OS/c24-19(17-9-5-2-6-10-17)22-20(25)21-18-11-13-23(14-12-18)15-16-7-3-1-4-8-16/h1-10,18H,11-15H2,(H2,21,22,24,25). The first-order valence-corrected chi connectivity index (χ1v) is 9.05. The van der Waals surface area contributed by atoms with Crippen LogP contribution in [-0.4, -0.2) is 35.1 Å². The maximum Gasteiger partial charge on any atom is 0.257 e. The summed E-state index contributed by atoms with van der Waals surface area (Å²) < 4.78 is 0. The van der Waals surface area contributed by atoms with Gasteiger partial charge in [0.1, 0.15) is 0 Å². The van der Waals surface area contributed by atoms with Gasteiger partial charge in [0.25, 0.3) is 5.91 Å². The fraction of sp³-hybridized carbons (Fsp3) is 0.300. The van der Waals surface area contributed by atoms with E-state index in [0.717, 1.165) is 32.5 Å². The quantitative estimate of drug-likeness (QED) is 0.830. The maximum atomic E-state index is 12.1. The molecule has 1 aliphatic heterocycles. The summed E-state index contributed by atoms with van der Waals surface area (Å²) in [6, 6.07) is 20.0. The summed E-state index contributed by atoms with van der Waals surface area (Å²) in [5.74, 6) is -0.167. The molecule has 1 saturated heterocycles. The van der Waals surface area contributed by atoms with E-state index in [0.29, 0.717) is 16.7 Å². The van der Waals surface area contributed by atoms with E-state index in [1.54, 1.807) is 12.1 Å². The van der Waals surface area contributed by atoms with Gasteiger partial charge in [-0.15, -0.1) is 0 Å². The Kier molecular flexibility index (Phi) is 6.14. The third-order valence-corrected chi connectivity index (χ3v) is 4.65. The van der Waals surface area contributed by atoms with E-state index in [2.05, 4.69) is 39.8 Å². The number of hydrogen-bond acceptors (Lipinski definition) is 3. The van der Waals surface area contributed by atoms with E-state index >= 15 is 0 Å². The van der Waals surface area contributed by atoms with Gasteiger partial charge in [0.05, 0.1) is 0 Å². The Morgan fingerprint density at radius 3 is 2.24 bits per heavy atom. The zero-order valence-electron chi connectivity index (χ0n) is 14.2. The highest BCUT2D eigenvalue weighted by molar-refractivity contribution is 7.80. The normalized spacial score (nSPS) is 15.5. The molecule has 0 aromatic heterocycles. The number of carbonyl (C=O) groups excluding carboxylic acids is 1. The van der Waals surface area contributed by atoms with Gasteiger partial charge < -0.3 is 5.32 Å². The molecule has 25 heavy (non-hydrogen) atoms. The van der Waals surface area contributed by atoms with Crippen molar-refractivity contribution in [3.63, 3.8) is 0 Å². The molecule has 0 bridgehead atoms. The fourth-order valence-corrected chi connectivity index (χ4v) is 3.32. The minimum Gasteiger partial charge on any atom is -0.360 e. The Hall–Kier alpha value is -2.24. The molecule has 130 valence electrons. The predicted octanol–water partition coefficient (Wildman–Crippen LogP) is 2.96. The summed E-state index contributed by atoms with van der Waals surface area (Å²) in [5.41, 5.74) is 1.96. The molecule has 4 nitrogen and oxygen atoms in total. The molecule has 2 aromatic rings. The van der Waals surface area contributed by atoms with Crippen molar-refractivity contribution in [3.05, 3.63) is 71.8 Å². The number of piperidine rings is 1. The lowest BCUT2D eigenvalue weighted by molar-refractivity contribution is 0.0976. The van der Waals surface area contributed by atoms with Crippen LogP contribution in [0.15, 0.2) is 60.7 Å². The van der Waals surface area contributed by atoms with Gasteiger partial charge in [-0.25, -0.2) is 0 Å². The Labute approximate surface area is 154 Å². The van der Waals surface area contributed by atoms with Gasteiger partial charge in [0.2, 0.25) is 0 Å². The fourth-order valence-electron chi connectivity index (χ4n) is 3.06. The van der Waals surface area contributed by atoms with Crippen molar-refractivity contribution in [3.8, 4) is 0 Å². The van der Waals surface area contributed by atoms with Crippen LogP contribution in [0.4, 0.5) is 0 Å². The zero-order chi connectivity index (χ0) is 17.5. The second-order valence-electron chi connectivity index (χ2n) is 6.33. The van der Waals surface area contributed by atoms with E-state index in [1.807, 2.05) is 24.3 Å². The van der Waals surface area contributed by atoms with Crippen LogP contribution in [0.5, 0.6) is 0 Å². The predicted molar refractivity (Wildman–Crippen MR) is 104 cm³/mol. The highest BCUT2D eigenvalue weighted by Gasteiger charge is 2.20. The van der Waals surface area contributed by atoms with E-state index in [4.69, 9.17) is 12.2 Å². The summed E-state index contributed by atoms with van der Waals surface area (Å²) in [5, 5.41) is 6.45. The van der Waals surface area contributed by atoms with Crippen molar-refractivity contribution < 1.29 is 4.79 Å². The maximum absolute atomic E-state index is 12.1. The first kappa shape index (κ1) is 17.6. The van der Waals surface area contributed by atoms with Crippen LogP contribution in [0.2, 0.25) is 0 Å². The summed E-state index contributed by atoms with van der Waals surface area (Å²) in [7, 11) is 0. The molecular formula is C20H23N3OS. The van der Waals surface area contributed by atoms with E-state index in [-0.39, 0.29) is 5.91 Å². The van der Waals surface area contributed by atoms with Crippen molar-refractivity contribution in [1.82, 2.24) is 15.5 Å². The Morgan fingerprint density at radius 2 is 1.60 bits per heavy atom. The van der Waals surface area contributed by atoms with Crippen LogP contribution in [0, 0.1) is 0 Å². The third kappa shape index (κ3) is 5.37. The first-order chi connectivity index (χ1) is 12.2. The van der Waals surface area contributed by atoms with E-state index in [9.17, 15) is 4.79 Å². The molecule has 2 N–H and O–H groups in total. The van der Waals surface area contributed by atoms with Crippen LogP contribution in [-0.2, 0) is 6.54 Å². The molecule has 1 aliphatic rings. The molecule has 2 aromatic carbocycles. The van der Waals surface area contributed by atoms with Crippen LogP contribution in [0.25, 0.3) is 0 Å². The van der Waals surface area contributed by atoms with Crippen LogP contribution in [0.3, 0.4) is 0 Å². The molecule has 0 atom stereocenters. The number of benzene rings is 2. The molecule has 3 rings (SSSR count). The van der Waals surface area contributed by atoms with Gasteiger partial charge in [-0.05, 0) is 42.8 Å². The topological polar surface area (TPSA) is 44.4 Å². The van der Waals surface area contributed by atoms with E-state index in [1.165, 1.54) is 5.56 Å². The molecule has 0 unspecified atom stereocenters. The second kappa shape index (κ2) is 8.74. The lowest BCUT2D eigenvalue weighted by Crippen LogP contribution is -2.48. The molecule has 0 aliphatic carbocycles. The average Bonchev–Trinajstić information content (AvgIpc) is 2.65. The highest BCUT2D eigenvalue weighted by atomic mass is 32.1. The average molecular weight is 353 g/mol. The summed E-state index contributed by atoms with van der Waals surface area (Å²) >= 11 is 5.29. The number of carbonyl (C=O) groups is 1. The summed E-state index contributed by atoms with van der Waals surface area (Å²) in [6.07, 6.45) is 2.04. The molecule has 0 radical (unpaired) electrons. The van der Waals surface area contributed by atoms with Crippen LogP contribution >= 0.6 is 12.2 Å². The number of hydrogen-bond donors (Lipinski definition) is 2. The lowest BCUT2D eigenvalue weighted by Gasteiger charge is -2.32. The monoisotopic (exact) mass is 353 g/mol. The van der Waals surface area contributed by atoms with Gasteiger partial charge >= 0.3 is 0 Å². The van der Waals surface area contributed by atoms with Crippen LogP contribution in [0.1, 0.15) is 28.8 Å². The third-order valence-electron chi connectivity index (χ3n) is 4.43. The zero-order valence-corrected chi connectivity index (χ0v) is 15.0. The molecule has 1 heterocycles. The lowest BCUT2D eigenvalue weighted by atomic mass is 10.0. The largest absolute Gasteiger partial charge is 0.360 e. The SMILES string of the molecule is O=C(NC(=S)NC1CCN(Cc2ccccc2)CC1)c1ccccc1. The van der Waals surface area contributed by atoms with Gasteiger partial charge in [0.15, 0.2) is 5.11 Å². The smallest absolute Gasteiger partial charge is 0.257 e. The van der Waals surface area contributed by atoms with Crippen molar-refractivity contribution in [1.29, 1.82) is 0 Å². The first-order valence-electron chi connectivity index (χ1n) is 8.64. The molecule has 1 fully saturated rings. The Bertz CT molecular complexity index is 697. The van der Waals surface area contributed by atoms with Crippen molar-refractivity contribution in [2.24, 2.45) is 0 Å². The number of nitrogens with one attached hydrogen (secondary N) is 2. The van der Waals surface area contributed by atoms with Crippen molar-refractivity contribution in [2.75, 3.05) is 13.1 Å². The minimum absolute atomic E-state index is 0.167. The molecular weight excluding hydrogens is 330 g/mol. The molecule has 1 amide bonds. The minimum atomic E-state index is -0.167. The Balaban J connectivity index is 1.41. The van der Waals surface area contributed by atoms with E-state index < -0.39 is 0 Å². The summed E-state index contributed by atoms with van der Waals surface area (Å²) in [6.45, 7) is 3.05. The number of likely N-dealkylation sites (tertiary alicyclic amines) is 1. The van der Waals surface area contributed by atoms with Gasteiger partial charge in [-0.3, -0.25) is 15.0 Å². The number of amides is 1. The molecule has 0 spiro atoms. The van der Waals surface area contributed by atoms with Gasteiger partial charge in [-0.1, -0.05) is 48.5 Å². The summed E-state index contributed by atoms with van der Waals surface area (Å²) in [4.78, 5) is 14.6. The van der Waals surface area contributed by atoms with Gasteiger partial charge in [0, 0.05) is 31.2 Å². The second-order valence-corrected chi connectivity index (χ2v) is 6.74. The van der Waals surface area contributed by atoms with Crippen molar-refractivity contribution >= 4 is 23.2 Å². The van der Waals surface area contributed by atoms with Gasteiger partial charge in [-0.2, -0.15) is 0 Å². The number of rotatable bonds is 4. The molecule has 0 saturated carbocycles.